The van der Waals surface area contributed by atoms with E-state index in [2.05, 4.69) is 33.8 Å². The van der Waals surface area contributed by atoms with Crippen LogP contribution in [0, 0.1) is 46.3 Å². The van der Waals surface area contributed by atoms with Gasteiger partial charge >= 0.3 is 0 Å². The molecule has 0 aromatic heterocycles. The van der Waals surface area contributed by atoms with Crippen LogP contribution < -0.4 is 0 Å². The molecule has 9 aliphatic rings. The number of rotatable bonds is 9. The van der Waals surface area contributed by atoms with Gasteiger partial charge in [-0.05, 0) is 74.0 Å². The molecule has 0 unspecified atom stereocenters. The van der Waals surface area contributed by atoms with E-state index in [0.717, 1.165) is 32.1 Å². The molecule has 19 nitrogen and oxygen atoms in total. The van der Waals surface area contributed by atoms with Gasteiger partial charge in [0.2, 0.25) is 0 Å². The first kappa shape index (κ1) is 48.0. The number of hydrogen-bond acceptors (Lipinski definition) is 19. The van der Waals surface area contributed by atoms with E-state index in [9.17, 15) is 56.2 Å². The SMILES string of the molecule is C[C@@H]1CC[C@@]2(OC1)O[C@H]1C[C@H]3[C@@H]4CC=C5C[C@@H](O[C@@H]6O[C@H](CO)[C@H](O[C@@H]7O[C@H](CO)[C@@H](O)[C@H](O)[C@H]7O[C@@H]7O[C@H](CO)[C@@H](O)[C@H](O)[C@H]7O)[C@H](O)[C@H]6O)CC[C@]5(C)[C@H]4C[C@@H](O)[C@]3(C)[C@H]1[C@@H]2C. The van der Waals surface area contributed by atoms with Crippen LogP contribution in [0.3, 0.4) is 0 Å². The summed E-state index contributed by atoms with van der Waals surface area (Å²) in [6, 6.07) is 0. The van der Waals surface area contributed by atoms with Crippen molar-refractivity contribution in [2.75, 3.05) is 26.4 Å². The average molecular weight is 917 g/mol. The Morgan fingerprint density at radius 2 is 1.27 bits per heavy atom. The first-order valence-corrected chi connectivity index (χ1v) is 23.6. The maximum Gasteiger partial charge on any atom is 0.187 e. The molecular weight excluding hydrogens is 844 g/mol. The molecule has 0 bridgehead atoms. The van der Waals surface area contributed by atoms with Crippen LogP contribution >= 0.6 is 0 Å². The molecule has 1 spiro atoms. The second kappa shape index (κ2) is 18.1. The van der Waals surface area contributed by atoms with Gasteiger partial charge in [0, 0.05) is 23.7 Å². The Bertz CT molecular complexity index is 1660. The van der Waals surface area contributed by atoms with E-state index in [-0.39, 0.29) is 34.7 Å². The van der Waals surface area contributed by atoms with E-state index in [1.807, 2.05) is 0 Å². The zero-order chi connectivity index (χ0) is 45.8. The van der Waals surface area contributed by atoms with Gasteiger partial charge in [0.05, 0.1) is 44.7 Å². The van der Waals surface area contributed by atoms with Gasteiger partial charge in [-0.3, -0.25) is 0 Å². The summed E-state index contributed by atoms with van der Waals surface area (Å²) in [7, 11) is 0. The second-order valence-electron chi connectivity index (χ2n) is 21.2. The van der Waals surface area contributed by atoms with Crippen LogP contribution in [0.1, 0.15) is 79.1 Å². The van der Waals surface area contributed by atoms with Gasteiger partial charge in [-0.1, -0.05) is 39.3 Å². The average Bonchev–Trinajstić information content (AvgIpc) is 3.73. The summed E-state index contributed by atoms with van der Waals surface area (Å²) in [6.45, 7) is 7.51. The molecule has 19 heteroatoms. The summed E-state index contributed by atoms with van der Waals surface area (Å²) in [6.07, 6.45) is -17.1. The monoisotopic (exact) mass is 916 g/mol. The Labute approximate surface area is 373 Å². The molecule has 3 saturated carbocycles. The highest BCUT2D eigenvalue weighted by Gasteiger charge is 2.71. The Kier molecular flexibility index (Phi) is 13.5. The maximum absolute atomic E-state index is 12.2. The summed E-state index contributed by atoms with van der Waals surface area (Å²) in [5, 5.41) is 118. The first-order valence-electron chi connectivity index (χ1n) is 23.6. The van der Waals surface area contributed by atoms with Crippen molar-refractivity contribution in [3.8, 4) is 0 Å². The molecule has 9 rings (SSSR count). The van der Waals surface area contributed by atoms with Gasteiger partial charge in [0.1, 0.15) is 73.2 Å². The van der Waals surface area contributed by atoms with E-state index in [4.69, 9.17) is 37.9 Å². The van der Waals surface area contributed by atoms with Gasteiger partial charge in [0.15, 0.2) is 24.7 Å². The number of allylic oxidation sites excluding steroid dienone is 1. The predicted octanol–water partition coefficient (Wildman–Crippen LogP) is -1.84. The minimum Gasteiger partial charge on any atom is -0.394 e. The van der Waals surface area contributed by atoms with Crippen molar-refractivity contribution in [2.45, 2.75) is 195 Å². The van der Waals surface area contributed by atoms with Gasteiger partial charge in [-0.15, -0.1) is 0 Å². The minimum atomic E-state index is -1.90. The van der Waals surface area contributed by atoms with Gasteiger partial charge in [-0.25, -0.2) is 0 Å². The lowest BCUT2D eigenvalue weighted by Crippen LogP contribution is -2.67. The molecule has 0 radical (unpaired) electrons. The van der Waals surface area contributed by atoms with Crippen molar-refractivity contribution in [3.63, 3.8) is 0 Å². The lowest BCUT2D eigenvalue weighted by molar-refractivity contribution is -0.390. The van der Waals surface area contributed by atoms with E-state index >= 15 is 0 Å². The highest BCUT2D eigenvalue weighted by molar-refractivity contribution is 5.27. The maximum atomic E-state index is 12.2. The van der Waals surface area contributed by atoms with E-state index in [1.165, 1.54) is 5.57 Å². The first-order chi connectivity index (χ1) is 30.4. The summed E-state index contributed by atoms with van der Waals surface area (Å²) in [4.78, 5) is 0. The normalized spacial score (nSPS) is 57.4. The fraction of sp³-hybridized carbons (Fsp3) is 0.956. The summed E-state index contributed by atoms with van der Waals surface area (Å²) >= 11 is 0. The molecule has 0 amide bonds. The molecule has 366 valence electrons. The van der Waals surface area contributed by atoms with Crippen molar-refractivity contribution in [1.82, 2.24) is 0 Å². The largest absolute Gasteiger partial charge is 0.394 e. The van der Waals surface area contributed by atoms with Crippen molar-refractivity contribution in [2.24, 2.45) is 46.3 Å². The lowest BCUT2D eigenvalue weighted by Gasteiger charge is -2.60. The minimum absolute atomic E-state index is 0.0533. The Morgan fingerprint density at radius 1 is 0.656 bits per heavy atom. The number of hydrogen-bond donors (Lipinski definition) is 11. The van der Waals surface area contributed by atoms with E-state index < -0.39 is 130 Å². The molecule has 5 saturated heterocycles. The fourth-order valence-corrected chi connectivity index (χ4v) is 14.0. The van der Waals surface area contributed by atoms with Crippen molar-refractivity contribution in [3.05, 3.63) is 11.6 Å². The zero-order valence-corrected chi connectivity index (χ0v) is 37.1. The van der Waals surface area contributed by atoms with Gasteiger partial charge in [-0.2, -0.15) is 0 Å². The Hall–Kier alpha value is -1.02. The fourth-order valence-electron chi connectivity index (χ4n) is 14.0. The van der Waals surface area contributed by atoms with Crippen LogP contribution in [0.4, 0.5) is 0 Å². The summed E-state index contributed by atoms with van der Waals surface area (Å²) in [5.74, 6) is 1.30. The van der Waals surface area contributed by atoms with Crippen LogP contribution in [0.2, 0.25) is 0 Å². The molecule has 11 N–H and O–H groups in total. The third kappa shape index (κ3) is 7.68. The highest BCUT2D eigenvalue weighted by Crippen LogP contribution is 2.70. The molecule has 5 heterocycles. The number of aliphatic hydroxyl groups is 11. The van der Waals surface area contributed by atoms with Crippen molar-refractivity contribution < 1.29 is 94.1 Å². The zero-order valence-electron chi connectivity index (χ0n) is 37.1. The molecule has 0 aromatic carbocycles. The smallest absolute Gasteiger partial charge is 0.187 e. The van der Waals surface area contributed by atoms with Crippen LogP contribution in [-0.2, 0) is 37.9 Å². The topological polar surface area (TPSA) is 296 Å². The third-order valence-electron chi connectivity index (χ3n) is 17.8. The second-order valence-corrected chi connectivity index (χ2v) is 21.2. The van der Waals surface area contributed by atoms with Crippen molar-refractivity contribution in [1.29, 1.82) is 0 Å². The van der Waals surface area contributed by atoms with Crippen LogP contribution in [0.25, 0.3) is 0 Å². The highest BCUT2D eigenvalue weighted by atomic mass is 16.8. The number of fused-ring (bicyclic) bond motifs is 7. The van der Waals surface area contributed by atoms with Gasteiger partial charge in [0.25, 0.3) is 0 Å². The Balaban J connectivity index is 0.858. The molecule has 8 fully saturated rings. The third-order valence-corrected chi connectivity index (χ3v) is 17.8. The van der Waals surface area contributed by atoms with E-state index in [1.54, 1.807) is 0 Å². The molecule has 0 aromatic rings. The van der Waals surface area contributed by atoms with Gasteiger partial charge < -0.3 is 94.1 Å². The summed E-state index contributed by atoms with van der Waals surface area (Å²) in [5.41, 5.74) is 0.763. The van der Waals surface area contributed by atoms with Crippen LogP contribution in [0.5, 0.6) is 0 Å². The quantitative estimate of drug-likeness (QED) is 0.113. The predicted molar refractivity (Wildman–Crippen MR) is 217 cm³/mol. The molecular formula is C45H72O19. The lowest BCUT2D eigenvalue weighted by atomic mass is 9.46. The Morgan fingerprint density at radius 3 is 1.94 bits per heavy atom. The van der Waals surface area contributed by atoms with E-state index in [0.29, 0.717) is 43.6 Å². The molecule has 27 atom stereocenters. The summed E-state index contributed by atoms with van der Waals surface area (Å²) < 4.78 is 48.7. The molecule has 5 aliphatic heterocycles. The standard InChI is InChI=1S/C45H72O19/c1-18-7-10-45(57-17-18)19(2)30-25(64-45)12-24-22-6-5-20-11-21(8-9-43(20,3)23(22)13-29(49)44(24,30)4)58-40-37(56)35(54)38(28(16-48)61-40)62-42-39(34(53)32(51)27(15-47)60-42)63-41-36(55)33(52)31(50)26(14-46)59-41/h5,18-19,21-42,46-56H,6-17H2,1-4H3/t18-,19+,21+,22-,23+,24+,25+,26-,27-,28-,29-,30+,31-,32-,33+,34+,35-,36-,37-,38+,39-,40-,41+,42+,43+,44-,45-/m1/s1. The number of aliphatic hydroxyl groups excluding tert-OH is 11. The molecule has 4 aliphatic carbocycles. The number of ether oxygens (including phenoxy) is 8. The van der Waals surface area contributed by atoms with Crippen LogP contribution in [-0.4, -0.2) is 199 Å². The molecule has 64 heavy (non-hydrogen) atoms. The van der Waals surface area contributed by atoms with Crippen molar-refractivity contribution >= 4 is 0 Å². The van der Waals surface area contributed by atoms with Crippen LogP contribution in [0.15, 0.2) is 11.6 Å².